The Bertz CT molecular complexity index is 397. The Morgan fingerprint density at radius 1 is 1.26 bits per heavy atom. The van der Waals surface area contributed by atoms with Crippen molar-refractivity contribution in [3.63, 3.8) is 0 Å². The summed E-state index contributed by atoms with van der Waals surface area (Å²) in [5, 5.41) is 3.21. The third kappa shape index (κ3) is 4.58. The van der Waals surface area contributed by atoms with Crippen LogP contribution in [0.3, 0.4) is 0 Å². The number of rotatable bonds is 4. The third-order valence-corrected chi connectivity index (χ3v) is 3.12. The molecule has 19 heavy (non-hydrogen) atoms. The van der Waals surface area contributed by atoms with Crippen molar-refractivity contribution in [2.75, 3.05) is 19.7 Å². The van der Waals surface area contributed by atoms with E-state index in [0.717, 1.165) is 25.9 Å². The van der Waals surface area contributed by atoms with Crippen LogP contribution in [-0.2, 0) is 0 Å². The highest BCUT2D eigenvalue weighted by Crippen LogP contribution is 2.30. The smallest absolute Gasteiger partial charge is 0.272 e. The summed E-state index contributed by atoms with van der Waals surface area (Å²) in [6.07, 6.45) is -0.804. The maximum absolute atomic E-state index is 13.7. The Hall–Kier alpha value is -0.940. The van der Waals surface area contributed by atoms with Gasteiger partial charge in [-0.05, 0) is 55.6 Å². The SMILES string of the molecule is Cl.Fc1ccc(OCC(F)F)cc1C1CCNCC1. The van der Waals surface area contributed by atoms with Gasteiger partial charge in [0.2, 0.25) is 0 Å². The lowest BCUT2D eigenvalue weighted by Gasteiger charge is -2.23. The van der Waals surface area contributed by atoms with E-state index in [-0.39, 0.29) is 24.1 Å². The number of benzene rings is 1. The molecule has 6 heteroatoms. The highest BCUT2D eigenvalue weighted by Gasteiger charge is 2.19. The maximum atomic E-state index is 13.7. The zero-order chi connectivity index (χ0) is 13.0. The average molecular weight is 296 g/mol. The van der Waals surface area contributed by atoms with Crippen LogP contribution in [0.25, 0.3) is 0 Å². The normalized spacial score (nSPS) is 16.2. The van der Waals surface area contributed by atoms with Crippen LogP contribution in [-0.4, -0.2) is 26.1 Å². The molecular weight excluding hydrogens is 279 g/mol. The van der Waals surface area contributed by atoms with Crippen molar-refractivity contribution in [2.45, 2.75) is 25.2 Å². The highest BCUT2D eigenvalue weighted by molar-refractivity contribution is 5.85. The van der Waals surface area contributed by atoms with Crippen molar-refractivity contribution < 1.29 is 17.9 Å². The standard InChI is InChI=1S/C13H16F3NO.ClH/c14-12-2-1-10(18-8-13(15)16)7-11(12)9-3-5-17-6-4-9;/h1-2,7,9,13,17H,3-6,8H2;1H. The first kappa shape index (κ1) is 16.1. The first-order chi connectivity index (χ1) is 8.66. The minimum absolute atomic E-state index is 0. The Kier molecular flexibility index (Phi) is 6.45. The van der Waals surface area contributed by atoms with Crippen LogP contribution in [0.15, 0.2) is 18.2 Å². The number of hydrogen-bond acceptors (Lipinski definition) is 2. The molecule has 0 aliphatic carbocycles. The van der Waals surface area contributed by atoms with E-state index in [9.17, 15) is 13.2 Å². The topological polar surface area (TPSA) is 21.3 Å². The molecular formula is C13H17ClF3NO. The zero-order valence-electron chi connectivity index (χ0n) is 10.4. The van der Waals surface area contributed by atoms with Gasteiger partial charge < -0.3 is 10.1 Å². The minimum atomic E-state index is -2.52. The Labute approximate surface area is 116 Å². The van der Waals surface area contributed by atoms with Crippen LogP contribution >= 0.6 is 12.4 Å². The molecule has 2 rings (SSSR count). The van der Waals surface area contributed by atoms with Crippen LogP contribution < -0.4 is 10.1 Å². The van der Waals surface area contributed by atoms with Gasteiger partial charge in [-0.1, -0.05) is 0 Å². The van der Waals surface area contributed by atoms with Crippen molar-refractivity contribution in [1.82, 2.24) is 5.32 Å². The second-order valence-electron chi connectivity index (χ2n) is 4.41. The predicted octanol–water partition coefficient (Wildman–Crippen LogP) is 3.36. The molecule has 1 saturated heterocycles. The van der Waals surface area contributed by atoms with E-state index in [1.54, 1.807) is 6.07 Å². The second kappa shape index (κ2) is 7.60. The lowest BCUT2D eigenvalue weighted by atomic mass is 9.90. The van der Waals surface area contributed by atoms with E-state index in [1.807, 2.05) is 0 Å². The fourth-order valence-corrected chi connectivity index (χ4v) is 2.22. The largest absolute Gasteiger partial charge is 0.488 e. The Balaban J connectivity index is 0.00000180. The molecule has 0 aromatic heterocycles. The first-order valence-corrected chi connectivity index (χ1v) is 6.08. The fourth-order valence-electron chi connectivity index (χ4n) is 2.22. The maximum Gasteiger partial charge on any atom is 0.272 e. The van der Waals surface area contributed by atoms with Gasteiger partial charge in [0.05, 0.1) is 0 Å². The van der Waals surface area contributed by atoms with E-state index in [0.29, 0.717) is 11.3 Å². The molecule has 1 heterocycles. The van der Waals surface area contributed by atoms with Gasteiger partial charge in [0.25, 0.3) is 6.43 Å². The molecule has 0 amide bonds. The lowest BCUT2D eigenvalue weighted by molar-refractivity contribution is 0.0818. The number of piperidine rings is 1. The highest BCUT2D eigenvalue weighted by atomic mass is 35.5. The second-order valence-corrected chi connectivity index (χ2v) is 4.41. The summed E-state index contributed by atoms with van der Waals surface area (Å²) in [6, 6.07) is 4.23. The van der Waals surface area contributed by atoms with Gasteiger partial charge in [0, 0.05) is 0 Å². The molecule has 0 bridgehead atoms. The predicted molar refractivity (Wildman–Crippen MR) is 70.0 cm³/mol. The van der Waals surface area contributed by atoms with E-state index in [1.165, 1.54) is 12.1 Å². The lowest BCUT2D eigenvalue weighted by Crippen LogP contribution is -2.27. The van der Waals surface area contributed by atoms with Gasteiger partial charge in [-0.15, -0.1) is 12.4 Å². The average Bonchev–Trinajstić information content (AvgIpc) is 2.38. The van der Waals surface area contributed by atoms with Gasteiger partial charge in [-0.3, -0.25) is 0 Å². The van der Waals surface area contributed by atoms with Gasteiger partial charge in [0.1, 0.15) is 18.2 Å². The number of halogens is 4. The summed E-state index contributed by atoms with van der Waals surface area (Å²) in [5.74, 6) is 0.165. The molecule has 0 atom stereocenters. The Morgan fingerprint density at radius 2 is 1.95 bits per heavy atom. The van der Waals surface area contributed by atoms with Gasteiger partial charge in [-0.25, -0.2) is 13.2 Å². The van der Waals surface area contributed by atoms with Crippen molar-refractivity contribution in [3.8, 4) is 5.75 Å². The van der Waals surface area contributed by atoms with Gasteiger partial charge in [0.15, 0.2) is 0 Å². The van der Waals surface area contributed by atoms with E-state index in [4.69, 9.17) is 4.74 Å². The fraction of sp³-hybridized carbons (Fsp3) is 0.538. The van der Waals surface area contributed by atoms with Crippen molar-refractivity contribution in [2.24, 2.45) is 0 Å². The molecule has 1 aromatic carbocycles. The summed E-state index contributed by atoms with van der Waals surface area (Å²) in [4.78, 5) is 0. The summed E-state index contributed by atoms with van der Waals surface area (Å²) in [7, 11) is 0. The molecule has 108 valence electrons. The molecule has 0 saturated carbocycles. The van der Waals surface area contributed by atoms with Gasteiger partial charge in [-0.2, -0.15) is 0 Å². The molecule has 1 fully saturated rings. The summed E-state index contributed by atoms with van der Waals surface area (Å²) >= 11 is 0. The van der Waals surface area contributed by atoms with Crippen LogP contribution in [0, 0.1) is 5.82 Å². The number of alkyl halides is 2. The Morgan fingerprint density at radius 3 is 2.58 bits per heavy atom. The zero-order valence-corrected chi connectivity index (χ0v) is 11.2. The molecule has 1 N–H and O–H groups in total. The van der Waals surface area contributed by atoms with Crippen LogP contribution in [0.1, 0.15) is 24.3 Å². The minimum Gasteiger partial charge on any atom is -0.488 e. The molecule has 1 aliphatic heterocycles. The first-order valence-electron chi connectivity index (χ1n) is 6.08. The summed E-state index contributed by atoms with van der Waals surface area (Å²) in [5.41, 5.74) is 0.572. The third-order valence-electron chi connectivity index (χ3n) is 3.12. The summed E-state index contributed by atoms with van der Waals surface area (Å²) in [6.45, 7) is 1.05. The van der Waals surface area contributed by atoms with Crippen LogP contribution in [0.5, 0.6) is 5.75 Å². The number of nitrogens with one attached hydrogen (secondary N) is 1. The quantitative estimate of drug-likeness (QED) is 0.920. The van der Waals surface area contributed by atoms with Gasteiger partial charge >= 0.3 is 0 Å². The molecule has 1 aliphatic rings. The monoisotopic (exact) mass is 295 g/mol. The summed E-state index contributed by atoms with van der Waals surface area (Å²) < 4.78 is 42.7. The molecule has 1 aromatic rings. The van der Waals surface area contributed by atoms with Crippen LogP contribution in [0.2, 0.25) is 0 Å². The molecule has 0 unspecified atom stereocenters. The number of ether oxygens (including phenoxy) is 1. The van der Waals surface area contributed by atoms with E-state index >= 15 is 0 Å². The molecule has 0 spiro atoms. The van der Waals surface area contributed by atoms with E-state index in [2.05, 4.69) is 5.32 Å². The van der Waals surface area contributed by atoms with Crippen LogP contribution in [0.4, 0.5) is 13.2 Å². The number of hydrogen-bond donors (Lipinski definition) is 1. The van der Waals surface area contributed by atoms with Crippen molar-refractivity contribution >= 4 is 12.4 Å². The molecule has 0 radical (unpaired) electrons. The van der Waals surface area contributed by atoms with Crippen molar-refractivity contribution in [3.05, 3.63) is 29.6 Å². The van der Waals surface area contributed by atoms with E-state index < -0.39 is 13.0 Å². The van der Waals surface area contributed by atoms with Crippen molar-refractivity contribution in [1.29, 1.82) is 0 Å². The molecule has 2 nitrogen and oxygen atoms in total.